The maximum absolute atomic E-state index is 5.93. The molecule has 2 aliphatic carbocycles. The van der Waals surface area contributed by atoms with Crippen LogP contribution < -0.4 is 5.73 Å². The normalized spacial score (nSPS) is 24.8. The molecule has 0 aliphatic heterocycles. The first-order valence-electron chi connectivity index (χ1n) is 7.07. The zero-order valence-corrected chi connectivity index (χ0v) is 11.0. The van der Waals surface area contributed by atoms with Crippen molar-refractivity contribution in [2.75, 3.05) is 26.2 Å². The van der Waals surface area contributed by atoms with Crippen LogP contribution in [-0.4, -0.2) is 31.1 Å². The summed E-state index contributed by atoms with van der Waals surface area (Å²) in [6.45, 7) is 9.35. The second kappa shape index (κ2) is 5.05. The molecule has 2 heteroatoms. The van der Waals surface area contributed by atoms with Gasteiger partial charge in [0.2, 0.25) is 0 Å². The van der Waals surface area contributed by atoms with Gasteiger partial charge in [0.25, 0.3) is 0 Å². The predicted octanol–water partition coefficient (Wildman–Crippen LogP) is 2.48. The molecular formula is C14H28N2. The summed E-state index contributed by atoms with van der Waals surface area (Å²) in [7, 11) is 0. The van der Waals surface area contributed by atoms with E-state index in [4.69, 9.17) is 5.73 Å². The molecule has 1 atom stereocenters. The minimum absolute atomic E-state index is 0.337. The van der Waals surface area contributed by atoms with Crippen LogP contribution in [0.5, 0.6) is 0 Å². The summed E-state index contributed by atoms with van der Waals surface area (Å²) in [6, 6.07) is 0. The molecule has 94 valence electrons. The van der Waals surface area contributed by atoms with Crippen molar-refractivity contribution >= 4 is 0 Å². The second-order valence-electron chi connectivity index (χ2n) is 6.45. The number of hydrogen-bond acceptors (Lipinski definition) is 2. The van der Waals surface area contributed by atoms with Gasteiger partial charge in [-0.25, -0.2) is 0 Å². The third kappa shape index (κ3) is 3.74. The molecule has 0 aromatic rings. The third-order valence-corrected chi connectivity index (χ3v) is 4.38. The van der Waals surface area contributed by atoms with E-state index >= 15 is 0 Å². The molecule has 0 radical (unpaired) electrons. The second-order valence-corrected chi connectivity index (χ2v) is 6.45. The molecule has 0 bridgehead atoms. The highest BCUT2D eigenvalue weighted by Crippen LogP contribution is 2.35. The summed E-state index contributed by atoms with van der Waals surface area (Å²) >= 11 is 0. The molecule has 0 heterocycles. The van der Waals surface area contributed by atoms with Crippen molar-refractivity contribution in [3.63, 3.8) is 0 Å². The minimum atomic E-state index is 0.337. The SMILES string of the molecule is CCC(C)(CN)CN(CC1CC1)CC1CC1. The van der Waals surface area contributed by atoms with Gasteiger partial charge < -0.3 is 10.6 Å². The Morgan fingerprint density at radius 2 is 1.62 bits per heavy atom. The van der Waals surface area contributed by atoms with E-state index in [2.05, 4.69) is 18.7 Å². The van der Waals surface area contributed by atoms with Crippen LogP contribution in [-0.2, 0) is 0 Å². The molecule has 0 spiro atoms. The highest BCUT2D eigenvalue weighted by Gasteiger charge is 2.32. The van der Waals surface area contributed by atoms with Crippen LogP contribution in [0.3, 0.4) is 0 Å². The summed E-state index contributed by atoms with van der Waals surface area (Å²) in [5, 5.41) is 0. The van der Waals surface area contributed by atoms with Gasteiger partial charge in [0.05, 0.1) is 0 Å². The summed E-state index contributed by atoms with van der Waals surface area (Å²) in [5.74, 6) is 2.02. The number of hydrogen-bond donors (Lipinski definition) is 1. The van der Waals surface area contributed by atoms with Crippen LogP contribution in [0.15, 0.2) is 0 Å². The van der Waals surface area contributed by atoms with Gasteiger partial charge in [-0.1, -0.05) is 13.8 Å². The van der Waals surface area contributed by atoms with Gasteiger partial charge in [0, 0.05) is 19.6 Å². The van der Waals surface area contributed by atoms with Crippen molar-refractivity contribution in [3.05, 3.63) is 0 Å². The van der Waals surface area contributed by atoms with Gasteiger partial charge in [-0.05, 0) is 55.9 Å². The Kier molecular flexibility index (Phi) is 3.91. The van der Waals surface area contributed by atoms with Crippen LogP contribution in [0.1, 0.15) is 46.0 Å². The maximum atomic E-state index is 5.93. The van der Waals surface area contributed by atoms with Crippen molar-refractivity contribution in [1.82, 2.24) is 4.90 Å². The fraction of sp³-hybridized carbons (Fsp3) is 1.00. The first-order chi connectivity index (χ1) is 7.65. The average molecular weight is 224 g/mol. The molecule has 2 fully saturated rings. The van der Waals surface area contributed by atoms with E-state index in [1.807, 2.05) is 0 Å². The first kappa shape index (κ1) is 12.4. The topological polar surface area (TPSA) is 29.3 Å². The molecule has 0 aromatic heterocycles. The Morgan fingerprint density at radius 1 is 1.12 bits per heavy atom. The van der Waals surface area contributed by atoms with Gasteiger partial charge in [-0.15, -0.1) is 0 Å². The Morgan fingerprint density at radius 3 is 1.94 bits per heavy atom. The zero-order valence-electron chi connectivity index (χ0n) is 11.0. The third-order valence-electron chi connectivity index (χ3n) is 4.38. The van der Waals surface area contributed by atoms with Crippen molar-refractivity contribution in [2.24, 2.45) is 23.0 Å². The summed E-state index contributed by atoms with van der Waals surface area (Å²) in [5.41, 5.74) is 6.27. The van der Waals surface area contributed by atoms with E-state index in [0.717, 1.165) is 18.4 Å². The highest BCUT2D eigenvalue weighted by molar-refractivity contribution is 4.86. The van der Waals surface area contributed by atoms with E-state index in [1.54, 1.807) is 0 Å². The first-order valence-corrected chi connectivity index (χ1v) is 7.07. The Bertz CT molecular complexity index is 201. The number of nitrogens with zero attached hydrogens (tertiary/aromatic N) is 1. The van der Waals surface area contributed by atoms with Gasteiger partial charge in [-0.2, -0.15) is 0 Å². The molecule has 2 N–H and O–H groups in total. The largest absolute Gasteiger partial charge is 0.330 e. The van der Waals surface area contributed by atoms with Crippen molar-refractivity contribution in [1.29, 1.82) is 0 Å². The summed E-state index contributed by atoms with van der Waals surface area (Å²) < 4.78 is 0. The maximum Gasteiger partial charge on any atom is 0.00475 e. The summed E-state index contributed by atoms with van der Waals surface area (Å²) in [6.07, 6.45) is 7.06. The Balaban J connectivity index is 1.83. The Hall–Kier alpha value is -0.0800. The molecular weight excluding hydrogens is 196 g/mol. The van der Waals surface area contributed by atoms with Crippen molar-refractivity contribution in [2.45, 2.75) is 46.0 Å². The molecule has 0 amide bonds. The lowest BCUT2D eigenvalue weighted by Gasteiger charge is -2.34. The number of nitrogens with two attached hydrogens (primary N) is 1. The van der Waals surface area contributed by atoms with Crippen LogP contribution in [0, 0.1) is 17.3 Å². The van der Waals surface area contributed by atoms with Crippen LogP contribution in [0.4, 0.5) is 0 Å². The van der Waals surface area contributed by atoms with Crippen LogP contribution in [0.2, 0.25) is 0 Å². The molecule has 2 rings (SSSR count). The lowest BCUT2D eigenvalue weighted by Crippen LogP contribution is -2.42. The van der Waals surface area contributed by atoms with Crippen LogP contribution >= 0.6 is 0 Å². The quantitative estimate of drug-likeness (QED) is 0.686. The fourth-order valence-corrected chi connectivity index (χ4v) is 2.40. The standard InChI is InChI=1S/C14H28N2/c1-3-14(2,10-15)11-16(8-12-4-5-12)9-13-6-7-13/h12-13H,3-11,15H2,1-2H3. The smallest absolute Gasteiger partial charge is 0.00475 e. The van der Waals surface area contributed by atoms with Crippen LogP contribution in [0.25, 0.3) is 0 Å². The van der Waals surface area contributed by atoms with E-state index < -0.39 is 0 Å². The predicted molar refractivity (Wildman–Crippen MR) is 69.3 cm³/mol. The lowest BCUT2D eigenvalue weighted by molar-refractivity contribution is 0.153. The Labute approximate surface area is 101 Å². The molecule has 2 aliphatic rings. The van der Waals surface area contributed by atoms with E-state index in [0.29, 0.717) is 5.41 Å². The highest BCUT2D eigenvalue weighted by atomic mass is 15.1. The molecule has 0 aromatic carbocycles. The molecule has 2 saturated carbocycles. The molecule has 1 unspecified atom stereocenters. The van der Waals surface area contributed by atoms with Crippen molar-refractivity contribution < 1.29 is 0 Å². The minimum Gasteiger partial charge on any atom is -0.330 e. The van der Waals surface area contributed by atoms with Gasteiger partial charge in [0.15, 0.2) is 0 Å². The van der Waals surface area contributed by atoms with E-state index in [9.17, 15) is 0 Å². The van der Waals surface area contributed by atoms with E-state index in [1.165, 1.54) is 51.7 Å². The summed E-state index contributed by atoms with van der Waals surface area (Å²) in [4.78, 5) is 2.71. The molecule has 0 saturated heterocycles. The fourth-order valence-electron chi connectivity index (χ4n) is 2.40. The monoisotopic (exact) mass is 224 g/mol. The van der Waals surface area contributed by atoms with Gasteiger partial charge >= 0.3 is 0 Å². The van der Waals surface area contributed by atoms with E-state index in [-0.39, 0.29) is 0 Å². The average Bonchev–Trinajstić information content (AvgIpc) is 3.13. The van der Waals surface area contributed by atoms with Gasteiger partial charge in [0.1, 0.15) is 0 Å². The van der Waals surface area contributed by atoms with Gasteiger partial charge in [-0.3, -0.25) is 0 Å². The lowest BCUT2D eigenvalue weighted by atomic mass is 9.87. The molecule has 16 heavy (non-hydrogen) atoms. The molecule has 2 nitrogen and oxygen atoms in total. The number of rotatable bonds is 8. The zero-order chi connectivity index (χ0) is 11.6. The van der Waals surface area contributed by atoms with Crippen molar-refractivity contribution in [3.8, 4) is 0 Å².